The number of benzene rings is 2. The van der Waals surface area contributed by atoms with E-state index in [-0.39, 0.29) is 18.1 Å². The van der Waals surface area contributed by atoms with Crippen molar-refractivity contribution in [2.75, 3.05) is 13.7 Å². The molecule has 0 aliphatic carbocycles. The summed E-state index contributed by atoms with van der Waals surface area (Å²) >= 11 is 0. The molecule has 2 aromatic rings. The molecule has 2 aromatic carbocycles. The van der Waals surface area contributed by atoms with Crippen molar-refractivity contribution in [3.8, 4) is 17.2 Å². The number of hydrogen-bond acceptors (Lipinski definition) is 5. The van der Waals surface area contributed by atoms with Gasteiger partial charge in [0.2, 0.25) is 0 Å². The quantitative estimate of drug-likeness (QED) is 0.477. The Balaban J connectivity index is 1.98. The van der Waals surface area contributed by atoms with E-state index in [2.05, 4.69) is 4.74 Å². The highest BCUT2D eigenvalue weighted by molar-refractivity contribution is 5.87. The summed E-state index contributed by atoms with van der Waals surface area (Å²) in [5.74, 6) is 0.167. The van der Waals surface area contributed by atoms with Crippen LogP contribution in [-0.4, -0.2) is 26.3 Å². The van der Waals surface area contributed by atoms with Gasteiger partial charge in [-0.2, -0.15) is 8.78 Å². The Kier molecular flexibility index (Phi) is 7.61. The Morgan fingerprint density at radius 1 is 1.11 bits per heavy atom. The van der Waals surface area contributed by atoms with Crippen LogP contribution in [0.25, 0.3) is 6.08 Å². The zero-order chi connectivity index (χ0) is 19.6. The first-order chi connectivity index (χ1) is 13.0. The second-order valence-corrected chi connectivity index (χ2v) is 5.27. The number of ether oxygens (including phenoxy) is 4. The molecule has 5 nitrogen and oxygen atoms in total. The van der Waals surface area contributed by atoms with Crippen molar-refractivity contribution in [2.24, 2.45) is 0 Å². The molecule has 27 heavy (non-hydrogen) atoms. The molecule has 0 saturated heterocycles. The van der Waals surface area contributed by atoms with Crippen LogP contribution >= 0.6 is 0 Å². The minimum atomic E-state index is -2.95. The molecule has 0 spiro atoms. The number of carbonyl (C=O) groups is 1. The van der Waals surface area contributed by atoms with E-state index < -0.39 is 12.6 Å². The molecule has 2 rings (SSSR count). The van der Waals surface area contributed by atoms with Gasteiger partial charge >= 0.3 is 12.6 Å². The first-order valence-corrected chi connectivity index (χ1v) is 8.22. The lowest BCUT2D eigenvalue weighted by atomic mass is 10.2. The van der Waals surface area contributed by atoms with Gasteiger partial charge in [0.05, 0.1) is 13.7 Å². The van der Waals surface area contributed by atoms with Gasteiger partial charge in [-0.15, -0.1) is 0 Å². The van der Waals surface area contributed by atoms with E-state index in [9.17, 15) is 13.6 Å². The molecule has 0 aliphatic rings. The maximum atomic E-state index is 12.3. The van der Waals surface area contributed by atoms with Crippen LogP contribution in [0.4, 0.5) is 8.78 Å². The van der Waals surface area contributed by atoms with Gasteiger partial charge in [0.15, 0.2) is 11.5 Å². The zero-order valence-electron chi connectivity index (χ0n) is 15.0. The summed E-state index contributed by atoms with van der Waals surface area (Å²) in [5.41, 5.74) is 1.33. The molecule has 0 N–H and O–H groups in total. The van der Waals surface area contributed by atoms with Gasteiger partial charge < -0.3 is 18.9 Å². The van der Waals surface area contributed by atoms with Crippen molar-refractivity contribution in [2.45, 2.75) is 20.1 Å². The summed E-state index contributed by atoms with van der Waals surface area (Å²) in [5, 5.41) is 0. The lowest BCUT2D eigenvalue weighted by Crippen LogP contribution is -2.04. The molecule has 0 atom stereocenters. The van der Waals surface area contributed by atoms with E-state index in [4.69, 9.17) is 14.2 Å². The highest BCUT2D eigenvalue weighted by Gasteiger charge is 2.10. The number of hydrogen-bond donors (Lipinski definition) is 0. The smallest absolute Gasteiger partial charge is 0.387 e. The third-order valence-electron chi connectivity index (χ3n) is 3.46. The van der Waals surface area contributed by atoms with Crippen LogP contribution in [0, 0.1) is 0 Å². The summed E-state index contributed by atoms with van der Waals surface area (Å²) in [6.45, 7) is -0.492. The fourth-order valence-electron chi connectivity index (χ4n) is 2.26. The van der Waals surface area contributed by atoms with E-state index >= 15 is 0 Å². The summed E-state index contributed by atoms with van der Waals surface area (Å²) in [6.07, 6.45) is 2.73. The van der Waals surface area contributed by atoms with Crippen LogP contribution in [0.2, 0.25) is 0 Å². The molecule has 0 aromatic heterocycles. The van der Waals surface area contributed by atoms with Crippen molar-refractivity contribution in [1.82, 2.24) is 0 Å². The second kappa shape index (κ2) is 10.2. The number of methoxy groups -OCH3 is 1. The Hall–Kier alpha value is -3.09. The lowest BCUT2D eigenvalue weighted by molar-refractivity contribution is -0.138. The van der Waals surface area contributed by atoms with Crippen LogP contribution < -0.4 is 14.2 Å². The van der Waals surface area contributed by atoms with E-state index in [1.54, 1.807) is 6.07 Å². The van der Waals surface area contributed by atoms with Crippen molar-refractivity contribution in [3.63, 3.8) is 0 Å². The third kappa shape index (κ3) is 6.29. The van der Waals surface area contributed by atoms with Crippen LogP contribution in [-0.2, 0) is 16.1 Å². The molecule has 0 saturated carbocycles. The molecule has 0 aliphatic heterocycles. The van der Waals surface area contributed by atoms with E-state index in [1.165, 1.54) is 37.5 Å². The fourth-order valence-corrected chi connectivity index (χ4v) is 2.26. The number of rotatable bonds is 9. The first kappa shape index (κ1) is 20.2. The second-order valence-electron chi connectivity index (χ2n) is 5.27. The molecule has 144 valence electrons. The molecular formula is C20H20F2O5. The van der Waals surface area contributed by atoms with Crippen molar-refractivity contribution in [1.29, 1.82) is 0 Å². The third-order valence-corrected chi connectivity index (χ3v) is 3.46. The van der Waals surface area contributed by atoms with E-state index in [0.717, 1.165) is 5.56 Å². The van der Waals surface area contributed by atoms with Crippen LogP contribution in [0.15, 0.2) is 48.5 Å². The average Bonchev–Trinajstić information content (AvgIpc) is 2.66. The molecule has 0 radical (unpaired) electrons. The van der Waals surface area contributed by atoms with Crippen molar-refractivity contribution >= 4 is 12.0 Å². The van der Waals surface area contributed by atoms with Crippen molar-refractivity contribution in [3.05, 3.63) is 59.7 Å². The minimum Gasteiger partial charge on any atom is -0.493 e. The molecule has 0 amide bonds. The fraction of sp³-hybridized carbons (Fsp3) is 0.250. The maximum absolute atomic E-state index is 12.3. The summed E-state index contributed by atoms with van der Waals surface area (Å²) < 4.78 is 44.7. The Morgan fingerprint density at radius 3 is 2.59 bits per heavy atom. The monoisotopic (exact) mass is 378 g/mol. The topological polar surface area (TPSA) is 54.0 Å². The van der Waals surface area contributed by atoms with Gasteiger partial charge in [0, 0.05) is 11.6 Å². The SMILES string of the molecule is CCOc1ccccc1COC(=O)/C=C/c1ccc(OC(F)F)c(OC)c1. The van der Waals surface area contributed by atoms with Gasteiger partial charge in [-0.1, -0.05) is 24.3 Å². The largest absolute Gasteiger partial charge is 0.493 e. The highest BCUT2D eigenvalue weighted by atomic mass is 19.3. The number of halogens is 2. The predicted octanol–water partition coefficient (Wildman–Crippen LogP) is 4.45. The van der Waals surface area contributed by atoms with Crippen LogP contribution in [0.3, 0.4) is 0 Å². The minimum absolute atomic E-state index is 0.0732. The molecule has 0 unspecified atom stereocenters. The van der Waals surface area contributed by atoms with Crippen molar-refractivity contribution < 1.29 is 32.5 Å². The lowest BCUT2D eigenvalue weighted by Gasteiger charge is -2.10. The van der Waals surface area contributed by atoms with Gasteiger partial charge in [-0.3, -0.25) is 0 Å². The molecule has 0 heterocycles. The first-order valence-electron chi connectivity index (χ1n) is 8.22. The Labute approximate surface area is 156 Å². The summed E-state index contributed by atoms with van der Waals surface area (Å²) in [6, 6.07) is 11.6. The average molecular weight is 378 g/mol. The Morgan fingerprint density at radius 2 is 1.89 bits per heavy atom. The van der Waals surface area contributed by atoms with Gasteiger partial charge in [-0.05, 0) is 36.8 Å². The van der Waals surface area contributed by atoms with E-state index in [0.29, 0.717) is 17.9 Å². The number of esters is 1. The standard InChI is InChI=1S/C20H20F2O5/c1-3-25-16-7-5-4-6-15(16)13-26-19(23)11-9-14-8-10-17(27-20(21)22)18(12-14)24-2/h4-12,20H,3,13H2,1-2H3/b11-9+. The molecule has 0 bridgehead atoms. The number of para-hydroxylation sites is 1. The number of alkyl halides is 2. The summed E-state index contributed by atoms with van der Waals surface area (Å²) in [7, 11) is 1.34. The van der Waals surface area contributed by atoms with Crippen LogP contribution in [0.5, 0.6) is 17.2 Å². The van der Waals surface area contributed by atoms with Gasteiger partial charge in [0.1, 0.15) is 12.4 Å². The van der Waals surface area contributed by atoms with Gasteiger partial charge in [-0.25, -0.2) is 4.79 Å². The highest BCUT2D eigenvalue weighted by Crippen LogP contribution is 2.29. The normalized spacial score (nSPS) is 10.9. The molecule has 0 fully saturated rings. The Bertz CT molecular complexity index is 790. The maximum Gasteiger partial charge on any atom is 0.387 e. The molecule has 7 heteroatoms. The predicted molar refractivity (Wildman–Crippen MR) is 96.1 cm³/mol. The summed E-state index contributed by atoms with van der Waals surface area (Å²) in [4.78, 5) is 11.9. The van der Waals surface area contributed by atoms with Crippen LogP contribution in [0.1, 0.15) is 18.1 Å². The molecular weight excluding hydrogens is 358 g/mol. The van der Waals surface area contributed by atoms with E-state index in [1.807, 2.05) is 25.1 Å². The zero-order valence-corrected chi connectivity index (χ0v) is 15.0. The van der Waals surface area contributed by atoms with Gasteiger partial charge in [0.25, 0.3) is 0 Å². The number of carbonyl (C=O) groups excluding carboxylic acids is 1.